The zero-order chi connectivity index (χ0) is 19.4. The number of hydrogen-bond acceptors (Lipinski definition) is 4. The molecule has 1 amide bonds. The number of aliphatic carboxylic acids is 1. The van der Waals surface area contributed by atoms with Crippen LogP contribution in [0.4, 0.5) is 13.6 Å². The SMILES string of the molecule is CN(CCOC(C(=O)O)c1cc(F)c(F)c(Cl)c1)C(=O)OC(C)(C)C. The molecule has 1 atom stereocenters. The van der Waals surface area contributed by atoms with Crippen molar-refractivity contribution in [2.45, 2.75) is 32.5 Å². The van der Waals surface area contributed by atoms with Crippen LogP contribution in [0.25, 0.3) is 0 Å². The Hall–Kier alpha value is -1.93. The second kappa shape index (κ2) is 8.44. The van der Waals surface area contributed by atoms with E-state index in [0.717, 1.165) is 6.07 Å². The molecule has 0 bridgehead atoms. The molecule has 0 saturated carbocycles. The molecule has 0 aromatic heterocycles. The van der Waals surface area contributed by atoms with E-state index in [0.29, 0.717) is 6.07 Å². The van der Waals surface area contributed by atoms with Crippen LogP contribution < -0.4 is 0 Å². The number of hydrogen-bond donors (Lipinski definition) is 1. The molecule has 0 radical (unpaired) electrons. The Balaban J connectivity index is 2.72. The van der Waals surface area contributed by atoms with E-state index in [9.17, 15) is 23.5 Å². The van der Waals surface area contributed by atoms with Crippen LogP contribution in [0, 0.1) is 11.6 Å². The summed E-state index contributed by atoms with van der Waals surface area (Å²) in [6.07, 6.45) is -2.15. The van der Waals surface area contributed by atoms with Crippen LogP contribution in [-0.2, 0) is 14.3 Å². The van der Waals surface area contributed by atoms with Gasteiger partial charge in [-0.25, -0.2) is 18.4 Å². The highest BCUT2D eigenvalue weighted by atomic mass is 35.5. The first-order chi connectivity index (χ1) is 11.4. The van der Waals surface area contributed by atoms with Crippen molar-refractivity contribution in [1.29, 1.82) is 0 Å². The van der Waals surface area contributed by atoms with E-state index < -0.39 is 40.4 Å². The van der Waals surface area contributed by atoms with Crippen molar-refractivity contribution < 1.29 is 33.0 Å². The summed E-state index contributed by atoms with van der Waals surface area (Å²) in [6.45, 7) is 5.01. The average Bonchev–Trinajstić information content (AvgIpc) is 2.46. The van der Waals surface area contributed by atoms with E-state index >= 15 is 0 Å². The molecule has 25 heavy (non-hydrogen) atoms. The molecule has 140 valence electrons. The number of halogens is 3. The molecule has 0 heterocycles. The first kappa shape index (κ1) is 21.1. The Morgan fingerprint density at radius 1 is 1.32 bits per heavy atom. The average molecular weight is 380 g/mol. The first-order valence-corrected chi connectivity index (χ1v) is 7.73. The van der Waals surface area contributed by atoms with E-state index in [1.165, 1.54) is 11.9 Å². The van der Waals surface area contributed by atoms with Crippen LogP contribution in [-0.4, -0.2) is 47.9 Å². The molecule has 1 unspecified atom stereocenters. The first-order valence-electron chi connectivity index (χ1n) is 7.35. The maximum atomic E-state index is 13.4. The highest BCUT2D eigenvalue weighted by molar-refractivity contribution is 6.30. The van der Waals surface area contributed by atoms with Crippen LogP contribution in [0.3, 0.4) is 0 Å². The van der Waals surface area contributed by atoms with Gasteiger partial charge in [0.15, 0.2) is 17.7 Å². The Morgan fingerprint density at radius 2 is 1.92 bits per heavy atom. The van der Waals surface area contributed by atoms with Crippen molar-refractivity contribution in [2.24, 2.45) is 0 Å². The lowest BCUT2D eigenvalue weighted by molar-refractivity contribution is -0.151. The summed E-state index contributed by atoms with van der Waals surface area (Å²) in [7, 11) is 1.46. The molecular formula is C16H20ClF2NO5. The maximum Gasteiger partial charge on any atom is 0.410 e. The Kier molecular flexibility index (Phi) is 7.13. The third-order valence-corrected chi connectivity index (χ3v) is 3.22. The zero-order valence-electron chi connectivity index (χ0n) is 14.3. The second-order valence-corrected chi connectivity index (χ2v) is 6.70. The minimum absolute atomic E-state index is 0.0378. The fourth-order valence-electron chi connectivity index (χ4n) is 1.78. The van der Waals surface area contributed by atoms with E-state index in [4.69, 9.17) is 21.1 Å². The van der Waals surface area contributed by atoms with Gasteiger partial charge in [-0.15, -0.1) is 0 Å². The fraction of sp³-hybridized carbons (Fsp3) is 0.500. The van der Waals surface area contributed by atoms with Gasteiger partial charge in [-0.05, 0) is 38.5 Å². The van der Waals surface area contributed by atoms with Crippen LogP contribution in [0.1, 0.15) is 32.4 Å². The van der Waals surface area contributed by atoms with Crippen molar-refractivity contribution in [3.05, 3.63) is 34.4 Å². The number of carboxylic acids is 1. The van der Waals surface area contributed by atoms with Crippen LogP contribution in [0.5, 0.6) is 0 Å². The molecule has 1 rings (SSSR count). The van der Waals surface area contributed by atoms with E-state index in [1.807, 2.05) is 0 Å². The third kappa shape index (κ3) is 6.47. The van der Waals surface area contributed by atoms with Gasteiger partial charge in [0.1, 0.15) is 5.60 Å². The number of carboxylic acid groups (broad SMARTS) is 1. The molecule has 0 aliphatic heterocycles. The summed E-state index contributed by atoms with van der Waals surface area (Å²) < 4.78 is 36.9. The highest BCUT2D eigenvalue weighted by Crippen LogP contribution is 2.26. The molecule has 6 nitrogen and oxygen atoms in total. The summed E-state index contributed by atoms with van der Waals surface area (Å²) in [4.78, 5) is 24.3. The van der Waals surface area contributed by atoms with Crippen LogP contribution in [0.15, 0.2) is 12.1 Å². The minimum Gasteiger partial charge on any atom is -0.479 e. The van der Waals surface area contributed by atoms with E-state index in [1.54, 1.807) is 20.8 Å². The molecule has 0 fully saturated rings. The van der Waals surface area contributed by atoms with Gasteiger partial charge >= 0.3 is 12.1 Å². The summed E-state index contributed by atoms with van der Waals surface area (Å²) in [5.41, 5.74) is -0.811. The minimum atomic E-state index is -1.56. The predicted octanol–water partition coefficient (Wildman–Crippen LogP) is 3.63. The number of carbonyl (C=O) groups excluding carboxylic acids is 1. The van der Waals surface area contributed by atoms with Gasteiger partial charge in [0.2, 0.25) is 0 Å². The van der Waals surface area contributed by atoms with Gasteiger partial charge in [-0.3, -0.25) is 0 Å². The van der Waals surface area contributed by atoms with Gasteiger partial charge < -0.3 is 19.5 Å². The summed E-state index contributed by atoms with van der Waals surface area (Å²) in [5, 5.41) is 8.67. The Bertz CT molecular complexity index is 625. The summed E-state index contributed by atoms with van der Waals surface area (Å²) >= 11 is 5.52. The zero-order valence-corrected chi connectivity index (χ0v) is 15.1. The number of nitrogens with zero attached hydrogens (tertiary/aromatic N) is 1. The lowest BCUT2D eigenvalue weighted by Crippen LogP contribution is -2.36. The monoisotopic (exact) mass is 379 g/mol. The molecule has 0 aliphatic carbocycles. The summed E-state index contributed by atoms with van der Waals surface area (Å²) in [5.74, 6) is -3.94. The van der Waals surface area contributed by atoms with Gasteiger partial charge in [0.05, 0.1) is 11.6 Å². The molecule has 1 aromatic rings. The van der Waals surface area contributed by atoms with Gasteiger partial charge in [-0.1, -0.05) is 11.6 Å². The molecule has 1 N–H and O–H groups in total. The number of likely N-dealkylation sites (N-methyl/N-ethyl adjacent to an activating group) is 1. The topological polar surface area (TPSA) is 76.1 Å². The number of benzene rings is 1. The van der Waals surface area contributed by atoms with Gasteiger partial charge in [0, 0.05) is 13.6 Å². The normalized spacial score (nSPS) is 12.6. The van der Waals surface area contributed by atoms with Gasteiger partial charge in [-0.2, -0.15) is 0 Å². The molecule has 1 aromatic carbocycles. The van der Waals surface area contributed by atoms with E-state index in [-0.39, 0.29) is 18.7 Å². The highest BCUT2D eigenvalue weighted by Gasteiger charge is 2.25. The van der Waals surface area contributed by atoms with Crippen molar-refractivity contribution >= 4 is 23.7 Å². The number of carbonyl (C=O) groups is 2. The predicted molar refractivity (Wildman–Crippen MR) is 86.6 cm³/mol. The standard InChI is InChI=1S/C16H20ClF2NO5/c1-16(2,3)25-15(23)20(4)5-6-24-13(14(21)22)9-7-10(17)12(19)11(18)8-9/h7-8,13H,5-6H2,1-4H3,(H,21,22). The largest absolute Gasteiger partial charge is 0.479 e. The summed E-state index contributed by atoms with van der Waals surface area (Å²) in [6, 6.07) is 1.69. The fourth-order valence-corrected chi connectivity index (χ4v) is 1.99. The molecule has 9 heteroatoms. The Morgan fingerprint density at radius 3 is 2.40 bits per heavy atom. The maximum absolute atomic E-state index is 13.4. The number of ether oxygens (including phenoxy) is 2. The second-order valence-electron chi connectivity index (χ2n) is 6.29. The third-order valence-electron chi connectivity index (χ3n) is 2.95. The number of amides is 1. The lowest BCUT2D eigenvalue weighted by Gasteiger charge is -2.25. The molecule has 0 aliphatic rings. The quantitative estimate of drug-likeness (QED) is 0.764. The Labute approximate surface area is 149 Å². The van der Waals surface area contributed by atoms with Crippen molar-refractivity contribution in [3.8, 4) is 0 Å². The van der Waals surface area contributed by atoms with Crippen molar-refractivity contribution in [3.63, 3.8) is 0 Å². The van der Waals surface area contributed by atoms with Crippen LogP contribution in [0.2, 0.25) is 5.02 Å². The lowest BCUT2D eigenvalue weighted by atomic mass is 10.1. The number of rotatable bonds is 6. The molecule has 0 spiro atoms. The molecular weight excluding hydrogens is 360 g/mol. The smallest absolute Gasteiger partial charge is 0.410 e. The van der Waals surface area contributed by atoms with E-state index in [2.05, 4.69) is 0 Å². The molecule has 0 saturated heterocycles. The van der Waals surface area contributed by atoms with Crippen molar-refractivity contribution in [2.75, 3.05) is 20.2 Å². The van der Waals surface area contributed by atoms with Crippen LogP contribution >= 0.6 is 11.6 Å². The van der Waals surface area contributed by atoms with Gasteiger partial charge in [0.25, 0.3) is 0 Å². The van der Waals surface area contributed by atoms with Crippen molar-refractivity contribution in [1.82, 2.24) is 4.90 Å².